The number of carbonyl (C=O) groups excluding carboxylic acids is 1. The fourth-order valence-electron chi connectivity index (χ4n) is 1.86. The van der Waals surface area contributed by atoms with Gasteiger partial charge in [0, 0.05) is 0 Å². The third-order valence-electron chi connectivity index (χ3n) is 3.04. The predicted octanol–water partition coefficient (Wildman–Crippen LogP) is 2.01. The van der Waals surface area contributed by atoms with Crippen molar-refractivity contribution in [2.24, 2.45) is 0 Å². The molecule has 0 spiro atoms. The van der Waals surface area contributed by atoms with Gasteiger partial charge < -0.3 is 14.8 Å². The van der Waals surface area contributed by atoms with Crippen molar-refractivity contribution in [3.8, 4) is 5.75 Å². The Bertz CT molecular complexity index is 430. The number of rotatable bonds is 7. The summed E-state index contributed by atoms with van der Waals surface area (Å²) in [5.41, 5.74) is 3.63. The van der Waals surface area contributed by atoms with Crippen LogP contribution in [0.5, 0.6) is 5.75 Å². The molecule has 0 amide bonds. The second-order valence-corrected chi connectivity index (χ2v) is 4.48. The van der Waals surface area contributed by atoms with Gasteiger partial charge in [0.15, 0.2) is 0 Å². The molecule has 0 aliphatic rings. The SMILES string of the molecule is CCOC(=O)CNCCc1cc(C)c(C)cc1OC. The van der Waals surface area contributed by atoms with E-state index in [-0.39, 0.29) is 12.5 Å². The lowest BCUT2D eigenvalue weighted by Gasteiger charge is -2.12. The number of benzene rings is 1. The van der Waals surface area contributed by atoms with Gasteiger partial charge in [0.05, 0.1) is 20.3 Å². The van der Waals surface area contributed by atoms with Crippen LogP contribution in [0, 0.1) is 13.8 Å². The summed E-state index contributed by atoms with van der Waals surface area (Å²) in [7, 11) is 1.68. The molecule has 1 aromatic rings. The molecule has 19 heavy (non-hydrogen) atoms. The number of hydrogen-bond donors (Lipinski definition) is 1. The molecule has 0 saturated heterocycles. The van der Waals surface area contributed by atoms with Gasteiger partial charge in [0.1, 0.15) is 5.75 Å². The van der Waals surface area contributed by atoms with Crippen molar-refractivity contribution in [2.45, 2.75) is 27.2 Å². The largest absolute Gasteiger partial charge is 0.496 e. The van der Waals surface area contributed by atoms with Gasteiger partial charge in [-0.25, -0.2) is 0 Å². The Hall–Kier alpha value is -1.55. The van der Waals surface area contributed by atoms with Crippen LogP contribution in [0.25, 0.3) is 0 Å². The highest BCUT2D eigenvalue weighted by Crippen LogP contribution is 2.23. The molecule has 4 nitrogen and oxygen atoms in total. The lowest BCUT2D eigenvalue weighted by Crippen LogP contribution is -2.26. The Morgan fingerprint density at radius 3 is 2.58 bits per heavy atom. The molecule has 0 bridgehead atoms. The lowest BCUT2D eigenvalue weighted by molar-refractivity contribution is -0.141. The molecule has 4 heteroatoms. The third kappa shape index (κ3) is 4.91. The molecule has 0 saturated carbocycles. The minimum absolute atomic E-state index is 0.213. The molecule has 0 aliphatic carbocycles. The van der Waals surface area contributed by atoms with E-state index in [9.17, 15) is 4.79 Å². The Kier molecular flexibility index (Phi) is 6.36. The minimum Gasteiger partial charge on any atom is -0.496 e. The van der Waals surface area contributed by atoms with Crippen LogP contribution in [0.3, 0.4) is 0 Å². The number of nitrogens with one attached hydrogen (secondary N) is 1. The molecular formula is C15H23NO3. The molecule has 0 radical (unpaired) electrons. The second kappa shape index (κ2) is 7.79. The van der Waals surface area contributed by atoms with E-state index in [4.69, 9.17) is 9.47 Å². The first-order chi connectivity index (χ1) is 9.08. The lowest BCUT2D eigenvalue weighted by atomic mass is 10.0. The number of aryl methyl sites for hydroxylation is 2. The predicted molar refractivity (Wildman–Crippen MR) is 75.7 cm³/mol. The van der Waals surface area contributed by atoms with Crippen LogP contribution in [0.15, 0.2) is 12.1 Å². The van der Waals surface area contributed by atoms with Gasteiger partial charge in [0.2, 0.25) is 0 Å². The number of hydrogen-bond acceptors (Lipinski definition) is 4. The molecule has 0 fully saturated rings. The van der Waals surface area contributed by atoms with E-state index < -0.39 is 0 Å². The molecule has 0 aromatic heterocycles. The fourth-order valence-corrected chi connectivity index (χ4v) is 1.86. The Morgan fingerprint density at radius 2 is 1.95 bits per heavy atom. The van der Waals surface area contributed by atoms with Crippen molar-refractivity contribution in [1.82, 2.24) is 5.32 Å². The zero-order valence-corrected chi connectivity index (χ0v) is 12.2. The summed E-state index contributed by atoms with van der Waals surface area (Å²) < 4.78 is 10.2. The summed E-state index contributed by atoms with van der Waals surface area (Å²) in [4.78, 5) is 11.2. The Morgan fingerprint density at radius 1 is 1.26 bits per heavy atom. The maximum atomic E-state index is 11.2. The fraction of sp³-hybridized carbons (Fsp3) is 0.533. The summed E-state index contributed by atoms with van der Waals surface area (Å²) in [5, 5.41) is 3.07. The molecule has 106 valence electrons. The van der Waals surface area contributed by atoms with E-state index >= 15 is 0 Å². The van der Waals surface area contributed by atoms with Crippen molar-refractivity contribution < 1.29 is 14.3 Å². The van der Waals surface area contributed by atoms with Gasteiger partial charge in [0.25, 0.3) is 0 Å². The number of ether oxygens (including phenoxy) is 2. The summed E-state index contributed by atoms with van der Waals surface area (Å²) in [5.74, 6) is 0.690. The number of methoxy groups -OCH3 is 1. The third-order valence-corrected chi connectivity index (χ3v) is 3.04. The Labute approximate surface area is 115 Å². The van der Waals surface area contributed by atoms with Crippen LogP contribution < -0.4 is 10.1 Å². The second-order valence-electron chi connectivity index (χ2n) is 4.48. The topological polar surface area (TPSA) is 47.6 Å². The van der Waals surface area contributed by atoms with Gasteiger partial charge in [-0.3, -0.25) is 4.79 Å². The quantitative estimate of drug-likeness (QED) is 0.605. The van der Waals surface area contributed by atoms with E-state index in [0.717, 1.165) is 24.3 Å². The molecular weight excluding hydrogens is 242 g/mol. The average molecular weight is 265 g/mol. The van der Waals surface area contributed by atoms with E-state index in [1.165, 1.54) is 11.1 Å². The number of carbonyl (C=O) groups is 1. The summed E-state index contributed by atoms with van der Waals surface area (Å²) in [6, 6.07) is 4.19. The van der Waals surface area contributed by atoms with Crippen LogP contribution in [0.1, 0.15) is 23.6 Å². The van der Waals surface area contributed by atoms with Gasteiger partial charge in [-0.05, 0) is 56.5 Å². The van der Waals surface area contributed by atoms with E-state index in [2.05, 4.69) is 31.3 Å². The van der Waals surface area contributed by atoms with Gasteiger partial charge >= 0.3 is 5.97 Å². The first-order valence-electron chi connectivity index (χ1n) is 6.59. The standard InChI is InChI=1S/C15H23NO3/c1-5-19-15(17)10-16-7-6-13-8-11(2)12(3)9-14(13)18-4/h8-9,16H,5-7,10H2,1-4H3. The molecule has 0 atom stereocenters. The van der Waals surface area contributed by atoms with Crippen LogP contribution in [-0.2, 0) is 16.0 Å². The van der Waals surface area contributed by atoms with Crippen molar-refractivity contribution in [3.05, 3.63) is 28.8 Å². The first-order valence-corrected chi connectivity index (χ1v) is 6.59. The average Bonchev–Trinajstić information content (AvgIpc) is 2.38. The summed E-state index contributed by atoms with van der Waals surface area (Å²) >= 11 is 0. The smallest absolute Gasteiger partial charge is 0.319 e. The van der Waals surface area contributed by atoms with Crippen LogP contribution in [0.2, 0.25) is 0 Å². The van der Waals surface area contributed by atoms with Crippen molar-refractivity contribution in [2.75, 3.05) is 26.8 Å². The summed E-state index contributed by atoms with van der Waals surface area (Å²) in [6.07, 6.45) is 0.823. The molecule has 1 N–H and O–H groups in total. The Balaban J connectivity index is 2.49. The van der Waals surface area contributed by atoms with E-state index in [1.807, 2.05) is 0 Å². The van der Waals surface area contributed by atoms with Gasteiger partial charge in [-0.15, -0.1) is 0 Å². The number of esters is 1. The van der Waals surface area contributed by atoms with Crippen molar-refractivity contribution >= 4 is 5.97 Å². The molecule has 1 aromatic carbocycles. The van der Waals surface area contributed by atoms with Crippen LogP contribution in [0.4, 0.5) is 0 Å². The van der Waals surface area contributed by atoms with Crippen LogP contribution in [-0.4, -0.2) is 32.8 Å². The molecule has 0 aliphatic heterocycles. The van der Waals surface area contributed by atoms with E-state index in [1.54, 1.807) is 14.0 Å². The zero-order valence-electron chi connectivity index (χ0n) is 12.2. The highest BCUT2D eigenvalue weighted by atomic mass is 16.5. The minimum atomic E-state index is -0.213. The maximum Gasteiger partial charge on any atom is 0.319 e. The van der Waals surface area contributed by atoms with Gasteiger partial charge in [-0.2, -0.15) is 0 Å². The van der Waals surface area contributed by atoms with Crippen LogP contribution >= 0.6 is 0 Å². The highest BCUT2D eigenvalue weighted by molar-refractivity contribution is 5.71. The summed E-state index contributed by atoms with van der Waals surface area (Å²) in [6.45, 7) is 7.35. The van der Waals surface area contributed by atoms with Crippen molar-refractivity contribution in [3.63, 3.8) is 0 Å². The van der Waals surface area contributed by atoms with Crippen molar-refractivity contribution in [1.29, 1.82) is 0 Å². The normalized spacial score (nSPS) is 10.3. The molecule has 0 heterocycles. The van der Waals surface area contributed by atoms with E-state index in [0.29, 0.717) is 6.61 Å². The van der Waals surface area contributed by atoms with Gasteiger partial charge in [-0.1, -0.05) is 6.07 Å². The first kappa shape index (κ1) is 15.5. The maximum absolute atomic E-state index is 11.2. The molecule has 0 unspecified atom stereocenters. The molecule has 1 rings (SSSR count). The monoisotopic (exact) mass is 265 g/mol. The zero-order chi connectivity index (χ0) is 14.3. The highest BCUT2D eigenvalue weighted by Gasteiger charge is 2.06.